The number of nitrogens with zero attached hydrogens (tertiary/aromatic N) is 3. The van der Waals surface area contributed by atoms with E-state index in [1.807, 2.05) is 0 Å². The summed E-state index contributed by atoms with van der Waals surface area (Å²) >= 11 is 0. The van der Waals surface area contributed by atoms with Crippen LogP contribution in [0.3, 0.4) is 0 Å². The van der Waals surface area contributed by atoms with E-state index in [0.29, 0.717) is 26.1 Å². The molecule has 1 aromatic heterocycles. The van der Waals surface area contributed by atoms with Gasteiger partial charge < -0.3 is 15.0 Å². The molecule has 0 radical (unpaired) electrons. The van der Waals surface area contributed by atoms with Gasteiger partial charge in [0.1, 0.15) is 6.10 Å². The number of imide groups is 1. The molecule has 10 heteroatoms. The summed E-state index contributed by atoms with van der Waals surface area (Å²) in [5.41, 5.74) is -0.841. The van der Waals surface area contributed by atoms with Crippen molar-refractivity contribution in [1.29, 1.82) is 0 Å². The van der Waals surface area contributed by atoms with Crippen molar-refractivity contribution in [2.75, 3.05) is 26.2 Å². The fourth-order valence-corrected chi connectivity index (χ4v) is 2.64. The SMILES string of the molecule is O=C1NCCN1C(=O)N1CC[C@H](Oc2cc(C(F)(F)F)ccn2)C1. The van der Waals surface area contributed by atoms with Gasteiger partial charge >= 0.3 is 18.2 Å². The molecule has 3 rings (SSSR count). The van der Waals surface area contributed by atoms with Gasteiger partial charge in [-0.05, 0) is 6.07 Å². The van der Waals surface area contributed by atoms with Crippen LogP contribution in [0.4, 0.5) is 22.8 Å². The molecular weight excluding hydrogens is 329 g/mol. The average molecular weight is 344 g/mol. The highest BCUT2D eigenvalue weighted by Crippen LogP contribution is 2.31. The first-order chi connectivity index (χ1) is 11.3. The summed E-state index contributed by atoms with van der Waals surface area (Å²) in [6, 6.07) is 0.832. The van der Waals surface area contributed by atoms with E-state index in [9.17, 15) is 22.8 Å². The second-order valence-corrected chi connectivity index (χ2v) is 5.52. The van der Waals surface area contributed by atoms with Crippen molar-refractivity contribution in [2.24, 2.45) is 0 Å². The summed E-state index contributed by atoms with van der Waals surface area (Å²) in [5, 5.41) is 2.54. The van der Waals surface area contributed by atoms with Crippen molar-refractivity contribution in [3.63, 3.8) is 0 Å². The largest absolute Gasteiger partial charge is 0.472 e. The van der Waals surface area contributed by atoms with Gasteiger partial charge in [-0.2, -0.15) is 13.2 Å². The summed E-state index contributed by atoms with van der Waals surface area (Å²) in [6.07, 6.45) is -3.44. The van der Waals surface area contributed by atoms with Crippen LogP contribution in [0.2, 0.25) is 0 Å². The number of carbonyl (C=O) groups excluding carboxylic acids is 2. The van der Waals surface area contributed by atoms with Crippen LogP contribution >= 0.6 is 0 Å². The van der Waals surface area contributed by atoms with Crippen LogP contribution < -0.4 is 10.1 Å². The maximum absolute atomic E-state index is 12.7. The molecule has 1 atom stereocenters. The summed E-state index contributed by atoms with van der Waals surface area (Å²) in [4.78, 5) is 30.0. The van der Waals surface area contributed by atoms with Gasteiger partial charge in [-0.1, -0.05) is 0 Å². The summed E-state index contributed by atoms with van der Waals surface area (Å²) in [5.74, 6) is -0.136. The maximum Gasteiger partial charge on any atom is 0.416 e. The first-order valence-electron chi connectivity index (χ1n) is 7.39. The van der Waals surface area contributed by atoms with Gasteiger partial charge in [0.15, 0.2) is 0 Å². The molecule has 1 aromatic rings. The second kappa shape index (κ2) is 6.17. The Morgan fingerprint density at radius 1 is 1.38 bits per heavy atom. The van der Waals surface area contributed by atoms with Gasteiger partial charge in [-0.25, -0.2) is 19.5 Å². The zero-order chi connectivity index (χ0) is 17.3. The van der Waals surface area contributed by atoms with Crippen LogP contribution in [0.25, 0.3) is 0 Å². The highest BCUT2D eigenvalue weighted by Gasteiger charge is 2.35. The van der Waals surface area contributed by atoms with Crippen LogP contribution in [0.15, 0.2) is 18.3 Å². The first kappa shape index (κ1) is 16.3. The third kappa shape index (κ3) is 3.36. The number of rotatable bonds is 2. The van der Waals surface area contributed by atoms with Crippen molar-refractivity contribution in [2.45, 2.75) is 18.7 Å². The number of hydrogen-bond donors (Lipinski definition) is 1. The molecule has 130 valence electrons. The van der Waals surface area contributed by atoms with Gasteiger partial charge in [-0.15, -0.1) is 0 Å². The van der Waals surface area contributed by atoms with E-state index >= 15 is 0 Å². The van der Waals surface area contributed by atoms with Crippen LogP contribution in [0, 0.1) is 0 Å². The Hall–Kier alpha value is -2.52. The lowest BCUT2D eigenvalue weighted by Gasteiger charge is -2.21. The number of urea groups is 2. The van der Waals surface area contributed by atoms with E-state index in [0.717, 1.165) is 23.2 Å². The minimum absolute atomic E-state index is 0.136. The fourth-order valence-electron chi connectivity index (χ4n) is 2.64. The number of amides is 4. The van der Waals surface area contributed by atoms with Crippen LogP contribution in [0.5, 0.6) is 5.88 Å². The Kier molecular flexibility index (Phi) is 4.20. The van der Waals surface area contributed by atoms with Crippen molar-refractivity contribution in [3.05, 3.63) is 23.9 Å². The molecule has 0 unspecified atom stereocenters. The quantitative estimate of drug-likeness (QED) is 0.886. The van der Waals surface area contributed by atoms with Gasteiger partial charge in [0.2, 0.25) is 5.88 Å². The lowest BCUT2D eigenvalue weighted by atomic mass is 10.2. The Labute approximate surface area is 135 Å². The zero-order valence-electron chi connectivity index (χ0n) is 12.5. The number of carbonyl (C=O) groups is 2. The zero-order valence-corrected chi connectivity index (χ0v) is 12.5. The van der Waals surface area contributed by atoms with Gasteiger partial charge in [0, 0.05) is 38.3 Å². The van der Waals surface area contributed by atoms with E-state index in [2.05, 4.69) is 10.3 Å². The third-order valence-electron chi connectivity index (χ3n) is 3.85. The lowest BCUT2D eigenvalue weighted by molar-refractivity contribution is -0.137. The molecule has 2 aliphatic heterocycles. The van der Waals surface area contributed by atoms with Crippen LogP contribution in [-0.2, 0) is 6.18 Å². The number of likely N-dealkylation sites (tertiary alicyclic amines) is 1. The molecule has 24 heavy (non-hydrogen) atoms. The number of halogens is 3. The lowest BCUT2D eigenvalue weighted by Crippen LogP contribution is -2.44. The van der Waals surface area contributed by atoms with Crippen LogP contribution in [-0.4, -0.2) is 59.1 Å². The Bertz CT molecular complexity index is 652. The number of pyridine rings is 1. The Morgan fingerprint density at radius 3 is 2.83 bits per heavy atom. The fraction of sp³-hybridized carbons (Fsp3) is 0.500. The summed E-state index contributed by atoms with van der Waals surface area (Å²) in [7, 11) is 0. The molecule has 2 fully saturated rings. The normalized spacial score (nSPS) is 21.1. The molecule has 0 aliphatic carbocycles. The highest BCUT2D eigenvalue weighted by molar-refractivity contribution is 5.95. The molecule has 0 saturated carbocycles. The molecule has 0 bridgehead atoms. The summed E-state index contributed by atoms with van der Waals surface area (Å²) < 4.78 is 43.5. The predicted octanol–water partition coefficient (Wildman–Crippen LogP) is 1.70. The monoisotopic (exact) mass is 344 g/mol. The highest BCUT2D eigenvalue weighted by atomic mass is 19.4. The van der Waals surface area contributed by atoms with E-state index in [4.69, 9.17) is 4.74 Å². The molecular formula is C14H15F3N4O3. The Balaban J connectivity index is 1.60. The average Bonchev–Trinajstić information content (AvgIpc) is 3.15. The Morgan fingerprint density at radius 2 is 2.17 bits per heavy atom. The molecule has 1 N–H and O–H groups in total. The first-order valence-corrected chi connectivity index (χ1v) is 7.39. The number of alkyl halides is 3. The van der Waals surface area contributed by atoms with Crippen molar-refractivity contribution < 1.29 is 27.5 Å². The maximum atomic E-state index is 12.7. The third-order valence-corrected chi connectivity index (χ3v) is 3.85. The topological polar surface area (TPSA) is 74.8 Å². The van der Waals surface area contributed by atoms with E-state index in [-0.39, 0.29) is 12.4 Å². The number of aromatic nitrogens is 1. The standard InChI is InChI=1S/C14H15F3N4O3/c15-14(16,17)9-1-3-18-11(7-9)24-10-2-5-20(8-10)13(23)21-6-4-19-12(21)22/h1,3,7,10H,2,4-6,8H2,(H,19,22)/t10-/m0/s1. The van der Waals surface area contributed by atoms with Crippen LogP contribution in [0.1, 0.15) is 12.0 Å². The van der Waals surface area contributed by atoms with Gasteiger partial charge in [-0.3, -0.25) is 0 Å². The number of nitrogens with one attached hydrogen (secondary N) is 1. The van der Waals surface area contributed by atoms with Crippen molar-refractivity contribution in [3.8, 4) is 5.88 Å². The number of hydrogen-bond acceptors (Lipinski definition) is 4. The molecule has 0 spiro atoms. The smallest absolute Gasteiger partial charge is 0.416 e. The van der Waals surface area contributed by atoms with E-state index < -0.39 is 29.9 Å². The van der Waals surface area contributed by atoms with Crippen molar-refractivity contribution >= 4 is 12.1 Å². The second-order valence-electron chi connectivity index (χ2n) is 5.52. The van der Waals surface area contributed by atoms with E-state index in [1.165, 1.54) is 4.90 Å². The molecule has 7 nitrogen and oxygen atoms in total. The van der Waals surface area contributed by atoms with Gasteiger partial charge in [0.25, 0.3) is 0 Å². The van der Waals surface area contributed by atoms with Gasteiger partial charge in [0.05, 0.1) is 12.1 Å². The summed E-state index contributed by atoms with van der Waals surface area (Å²) in [6.45, 7) is 1.27. The molecule has 4 amide bonds. The van der Waals surface area contributed by atoms with Crippen molar-refractivity contribution in [1.82, 2.24) is 20.1 Å². The van der Waals surface area contributed by atoms with E-state index in [1.54, 1.807) is 0 Å². The molecule has 0 aromatic carbocycles. The number of ether oxygens (including phenoxy) is 1. The molecule has 2 saturated heterocycles. The molecule has 2 aliphatic rings. The minimum Gasteiger partial charge on any atom is -0.472 e. The molecule has 3 heterocycles. The minimum atomic E-state index is -4.47. The predicted molar refractivity (Wildman–Crippen MR) is 75.3 cm³/mol.